The standard InChI is InChI=1S/C6H8N2/c1-2-4-8-5-3-7-6-8/h2-3,5,7H,1,4H2/q+1. The zero-order chi connectivity index (χ0) is 5.82. The Balaban J connectivity index is 2.62. The predicted octanol–water partition coefficient (Wildman–Crippen LogP) is 0.288. The van der Waals surface area contributed by atoms with Gasteiger partial charge in [-0.05, 0) is 0 Å². The average molecular weight is 108 g/mol. The maximum Gasteiger partial charge on any atom is 0.371 e. The van der Waals surface area contributed by atoms with Crippen molar-refractivity contribution in [1.29, 1.82) is 0 Å². The van der Waals surface area contributed by atoms with Crippen LogP contribution in [0.1, 0.15) is 0 Å². The summed E-state index contributed by atoms with van der Waals surface area (Å²) in [4.78, 5) is 2.80. The summed E-state index contributed by atoms with van der Waals surface area (Å²) in [6.07, 6.45) is 8.41. The molecule has 0 spiro atoms. The van der Waals surface area contributed by atoms with Gasteiger partial charge in [-0.25, -0.2) is 9.55 Å². The molecule has 0 aliphatic rings. The highest BCUT2D eigenvalue weighted by Gasteiger charge is 1.90. The molecule has 1 rings (SSSR count). The van der Waals surface area contributed by atoms with E-state index in [9.17, 15) is 0 Å². The van der Waals surface area contributed by atoms with Gasteiger partial charge in [-0.1, -0.05) is 12.7 Å². The van der Waals surface area contributed by atoms with E-state index in [1.54, 1.807) is 0 Å². The second kappa shape index (κ2) is 2.31. The number of hydrogen-bond donors (Lipinski definition) is 1. The third kappa shape index (κ3) is 0.964. The quantitative estimate of drug-likeness (QED) is 0.415. The Morgan fingerprint density at radius 3 is 3.25 bits per heavy atom. The molecule has 1 aromatic rings. The molecule has 0 unspecified atom stereocenters. The minimum absolute atomic E-state index is 0.823. The lowest BCUT2D eigenvalue weighted by Crippen LogP contribution is -2.29. The molecule has 41 valence electrons. The lowest BCUT2D eigenvalue weighted by molar-refractivity contribution is -0.689. The van der Waals surface area contributed by atoms with Crippen molar-refractivity contribution in [3.8, 4) is 0 Å². The van der Waals surface area contributed by atoms with E-state index < -0.39 is 0 Å². The Kier molecular flexibility index (Phi) is 1.47. The van der Waals surface area contributed by atoms with Gasteiger partial charge in [0.1, 0.15) is 18.9 Å². The summed E-state index contributed by atoms with van der Waals surface area (Å²) in [5, 5.41) is 0. The van der Waals surface area contributed by atoms with Crippen molar-refractivity contribution in [2.45, 2.75) is 6.54 Å². The van der Waals surface area contributed by atoms with Crippen LogP contribution < -0.4 is 4.57 Å². The number of allylic oxidation sites excluding steroid dienone is 1. The minimum atomic E-state index is 0.823. The average Bonchev–Trinajstić information content (AvgIpc) is 2.19. The number of aromatic nitrogens is 2. The van der Waals surface area contributed by atoms with Crippen LogP contribution in [-0.4, -0.2) is 4.98 Å². The van der Waals surface area contributed by atoms with E-state index in [0.717, 1.165) is 6.54 Å². The lowest BCUT2D eigenvalue weighted by atomic mass is 10.6. The van der Waals surface area contributed by atoms with Gasteiger partial charge in [-0.2, -0.15) is 0 Å². The van der Waals surface area contributed by atoms with Crippen LogP contribution in [0, 0.1) is 6.33 Å². The highest BCUT2D eigenvalue weighted by Crippen LogP contribution is 1.67. The van der Waals surface area contributed by atoms with Crippen molar-refractivity contribution < 1.29 is 4.57 Å². The van der Waals surface area contributed by atoms with Crippen molar-refractivity contribution in [2.24, 2.45) is 0 Å². The van der Waals surface area contributed by atoms with Gasteiger partial charge in [-0.15, -0.1) is 0 Å². The summed E-state index contributed by atoms with van der Waals surface area (Å²) >= 11 is 0. The molecule has 0 amide bonds. The lowest BCUT2D eigenvalue weighted by Gasteiger charge is -1.79. The fourth-order valence-electron chi connectivity index (χ4n) is 0.530. The van der Waals surface area contributed by atoms with Crippen molar-refractivity contribution in [3.63, 3.8) is 0 Å². The summed E-state index contributed by atoms with van der Waals surface area (Å²) in [5.74, 6) is 0. The van der Waals surface area contributed by atoms with Crippen molar-refractivity contribution in [2.75, 3.05) is 0 Å². The van der Waals surface area contributed by atoms with E-state index in [0.29, 0.717) is 0 Å². The Bertz CT molecular complexity index is 153. The van der Waals surface area contributed by atoms with Crippen LogP contribution in [0.2, 0.25) is 0 Å². The van der Waals surface area contributed by atoms with Crippen LogP contribution in [0.25, 0.3) is 0 Å². The largest absolute Gasteiger partial charge is 0.371 e. The maximum absolute atomic E-state index is 3.58. The fraction of sp³-hybridized carbons (Fsp3) is 0.167. The van der Waals surface area contributed by atoms with E-state index in [1.165, 1.54) is 0 Å². The van der Waals surface area contributed by atoms with Crippen molar-refractivity contribution in [3.05, 3.63) is 31.4 Å². The summed E-state index contributed by atoms with van der Waals surface area (Å²) in [7, 11) is 0. The highest BCUT2D eigenvalue weighted by molar-refractivity contribution is 4.60. The predicted molar refractivity (Wildman–Crippen MR) is 30.0 cm³/mol. The molecular formula is C6H8N2+. The van der Waals surface area contributed by atoms with Crippen LogP contribution in [0.15, 0.2) is 25.0 Å². The molecular weight excluding hydrogens is 100 g/mol. The van der Waals surface area contributed by atoms with Crippen molar-refractivity contribution in [1.82, 2.24) is 4.98 Å². The minimum Gasteiger partial charge on any atom is -0.237 e. The molecule has 0 saturated carbocycles. The zero-order valence-corrected chi connectivity index (χ0v) is 4.59. The van der Waals surface area contributed by atoms with Crippen LogP contribution >= 0.6 is 0 Å². The number of nitrogens with one attached hydrogen (secondary N) is 1. The number of hydrogen-bond acceptors (Lipinski definition) is 0. The molecule has 1 N–H and O–H groups in total. The monoisotopic (exact) mass is 108 g/mol. The van der Waals surface area contributed by atoms with E-state index in [1.807, 2.05) is 23.0 Å². The Morgan fingerprint density at radius 1 is 1.88 bits per heavy atom. The second-order valence-corrected chi connectivity index (χ2v) is 1.51. The molecule has 0 fully saturated rings. The third-order valence-corrected chi connectivity index (χ3v) is 0.872. The van der Waals surface area contributed by atoms with Gasteiger partial charge in [0.15, 0.2) is 0 Å². The first-order valence-corrected chi connectivity index (χ1v) is 2.49. The Labute approximate surface area is 48.5 Å². The van der Waals surface area contributed by atoms with E-state index in [4.69, 9.17) is 0 Å². The first-order chi connectivity index (χ1) is 3.93. The molecule has 2 heteroatoms. The highest BCUT2D eigenvalue weighted by atomic mass is 15.0. The van der Waals surface area contributed by atoms with Gasteiger partial charge in [0.05, 0.1) is 0 Å². The normalized spacial score (nSPS) is 9.00. The van der Waals surface area contributed by atoms with E-state index in [-0.39, 0.29) is 0 Å². The first-order valence-electron chi connectivity index (χ1n) is 2.49. The molecule has 8 heavy (non-hydrogen) atoms. The number of H-pyrrole nitrogens is 1. The molecule has 0 atom stereocenters. The van der Waals surface area contributed by atoms with Crippen LogP contribution in [0.3, 0.4) is 0 Å². The smallest absolute Gasteiger partial charge is 0.237 e. The molecule has 0 aliphatic carbocycles. The zero-order valence-electron chi connectivity index (χ0n) is 4.59. The molecule has 0 saturated heterocycles. The van der Waals surface area contributed by atoms with Crippen LogP contribution in [-0.2, 0) is 6.54 Å². The van der Waals surface area contributed by atoms with Gasteiger partial charge in [0.2, 0.25) is 0 Å². The van der Waals surface area contributed by atoms with Gasteiger partial charge < -0.3 is 0 Å². The molecule has 1 heterocycles. The number of imidazole rings is 1. The SMILES string of the molecule is C=CC[n+]1[c][nH]cc1. The van der Waals surface area contributed by atoms with Crippen LogP contribution in [0.5, 0.6) is 0 Å². The summed E-state index contributed by atoms with van der Waals surface area (Å²) < 4.78 is 1.88. The van der Waals surface area contributed by atoms with Gasteiger partial charge in [0, 0.05) is 0 Å². The van der Waals surface area contributed by atoms with Gasteiger partial charge in [-0.3, -0.25) is 0 Å². The second-order valence-electron chi connectivity index (χ2n) is 1.51. The molecule has 1 radical (unpaired) electrons. The summed E-state index contributed by atoms with van der Waals surface area (Å²) in [5.41, 5.74) is 0. The summed E-state index contributed by atoms with van der Waals surface area (Å²) in [6, 6.07) is 0. The molecule has 0 aliphatic heterocycles. The van der Waals surface area contributed by atoms with Gasteiger partial charge >= 0.3 is 6.33 Å². The number of aromatic amines is 1. The summed E-state index contributed by atoms with van der Waals surface area (Å²) in [6.45, 7) is 4.40. The molecule has 0 bridgehead atoms. The maximum atomic E-state index is 3.58. The van der Waals surface area contributed by atoms with Gasteiger partial charge in [0.25, 0.3) is 0 Å². The Morgan fingerprint density at radius 2 is 2.75 bits per heavy atom. The first kappa shape index (κ1) is 5.09. The molecule has 1 aromatic heterocycles. The Hall–Kier alpha value is -1.05. The van der Waals surface area contributed by atoms with Crippen LogP contribution in [0.4, 0.5) is 0 Å². The van der Waals surface area contributed by atoms with E-state index >= 15 is 0 Å². The number of nitrogens with zero attached hydrogens (tertiary/aromatic N) is 1. The molecule has 2 nitrogen and oxygen atoms in total. The third-order valence-electron chi connectivity index (χ3n) is 0.872. The topological polar surface area (TPSA) is 19.7 Å². The number of rotatable bonds is 2. The molecule has 0 aromatic carbocycles. The van der Waals surface area contributed by atoms with Crippen molar-refractivity contribution >= 4 is 0 Å². The van der Waals surface area contributed by atoms with E-state index in [2.05, 4.69) is 17.9 Å². The fourth-order valence-corrected chi connectivity index (χ4v) is 0.530.